The van der Waals surface area contributed by atoms with E-state index in [-0.39, 0.29) is 16.9 Å². The van der Waals surface area contributed by atoms with Gasteiger partial charge in [-0.25, -0.2) is 4.98 Å². The molecule has 0 amide bonds. The van der Waals surface area contributed by atoms with Crippen LogP contribution in [0.25, 0.3) is 21.8 Å². The van der Waals surface area contributed by atoms with E-state index in [1.54, 1.807) is 24.3 Å². The molecule has 9 N–H and O–H groups in total. The molecule has 1 heterocycles. The molecule has 0 spiro atoms. The number of ether oxygens (including phenoxy) is 1. The lowest BCUT2D eigenvalue weighted by Gasteiger charge is -2.09. The molecule has 0 fully saturated rings. The number of nitrogens with zero attached hydrogens (tertiary/aromatic N) is 3. The molecule has 0 saturated carbocycles. The first-order valence-corrected chi connectivity index (χ1v) is 10.9. The van der Waals surface area contributed by atoms with Crippen molar-refractivity contribution in [2.75, 3.05) is 18.1 Å². The first kappa shape index (κ1) is 26.2. The summed E-state index contributed by atoms with van der Waals surface area (Å²) in [6, 6.07) is 15.9. The zero-order valence-corrected chi connectivity index (χ0v) is 18.7. The lowest BCUT2D eigenvalue weighted by Crippen LogP contribution is -1.95. The van der Waals surface area contributed by atoms with Crippen molar-refractivity contribution in [3.8, 4) is 11.5 Å². The molecule has 0 bridgehead atoms. The van der Waals surface area contributed by atoms with E-state index < -0.39 is 10.4 Å². The third-order valence-electron chi connectivity index (χ3n) is 4.39. The highest BCUT2D eigenvalue weighted by Gasteiger charge is 2.09. The van der Waals surface area contributed by atoms with Gasteiger partial charge in [-0.1, -0.05) is 6.07 Å². The highest BCUT2D eigenvalue weighted by molar-refractivity contribution is 7.79. The zero-order valence-electron chi connectivity index (χ0n) is 17.9. The number of fused-ring (bicyclic) bond motifs is 2. The van der Waals surface area contributed by atoms with Crippen molar-refractivity contribution in [3.63, 3.8) is 0 Å². The summed E-state index contributed by atoms with van der Waals surface area (Å²) >= 11 is 0. The van der Waals surface area contributed by atoms with Gasteiger partial charge >= 0.3 is 10.4 Å². The number of azo groups is 1. The van der Waals surface area contributed by atoms with Gasteiger partial charge in [0, 0.05) is 10.8 Å². The number of anilines is 2. The number of benzene rings is 3. The SMILES string of the molecule is CCOc1ccc2nc3cc(/N=N/c4c(N)cccc4O)ccc3c(N)c2c1.O.O=S(=O)(O)O. The van der Waals surface area contributed by atoms with Crippen molar-refractivity contribution >= 4 is 55.0 Å². The number of aromatic nitrogens is 1. The zero-order chi connectivity index (χ0) is 24.2. The summed E-state index contributed by atoms with van der Waals surface area (Å²) in [6.45, 7) is 2.52. The van der Waals surface area contributed by atoms with Crippen LogP contribution >= 0.6 is 0 Å². The van der Waals surface area contributed by atoms with Crippen LogP contribution in [-0.2, 0) is 10.4 Å². The van der Waals surface area contributed by atoms with Crippen molar-refractivity contribution in [2.24, 2.45) is 10.2 Å². The average molecular weight is 490 g/mol. The Bertz CT molecular complexity index is 1430. The lowest BCUT2D eigenvalue weighted by atomic mass is 10.1. The van der Waals surface area contributed by atoms with E-state index in [1.165, 1.54) is 6.07 Å². The Kier molecular flexibility index (Phi) is 8.26. The summed E-state index contributed by atoms with van der Waals surface area (Å²) in [5.41, 5.74) is 15.5. The first-order chi connectivity index (χ1) is 15.6. The number of rotatable bonds is 4. The van der Waals surface area contributed by atoms with Crippen LogP contribution in [0.2, 0.25) is 0 Å². The molecule has 180 valence electrons. The fourth-order valence-electron chi connectivity index (χ4n) is 3.03. The topological polar surface area (TPSA) is 225 Å². The molecule has 4 rings (SSSR count). The van der Waals surface area contributed by atoms with Crippen molar-refractivity contribution in [2.45, 2.75) is 6.92 Å². The predicted molar refractivity (Wildman–Crippen MR) is 129 cm³/mol. The molecule has 0 saturated heterocycles. The second kappa shape index (κ2) is 10.7. The van der Waals surface area contributed by atoms with Crippen LogP contribution in [0.3, 0.4) is 0 Å². The van der Waals surface area contributed by atoms with E-state index in [1.807, 2.05) is 31.2 Å². The van der Waals surface area contributed by atoms with Gasteiger partial charge in [0.2, 0.25) is 0 Å². The third-order valence-corrected chi connectivity index (χ3v) is 4.39. The Hall–Kier alpha value is -4.04. The molecule has 0 unspecified atom stereocenters. The number of hydrogen-bond donors (Lipinski definition) is 5. The molecule has 3 aromatic carbocycles. The fourth-order valence-corrected chi connectivity index (χ4v) is 3.03. The lowest BCUT2D eigenvalue weighted by molar-refractivity contribution is 0.340. The van der Waals surface area contributed by atoms with Gasteiger partial charge in [0.1, 0.15) is 11.5 Å². The summed E-state index contributed by atoms with van der Waals surface area (Å²) < 4.78 is 37.1. The number of phenols is 1. The smallest absolute Gasteiger partial charge is 0.394 e. The van der Waals surface area contributed by atoms with Crippen LogP contribution in [0.4, 0.5) is 22.7 Å². The molecular formula is C21H23N5O7S. The number of aromatic hydroxyl groups is 1. The summed E-state index contributed by atoms with van der Waals surface area (Å²) in [4.78, 5) is 4.68. The molecule has 0 atom stereocenters. The molecule has 0 aliphatic rings. The molecule has 0 aliphatic heterocycles. The Morgan fingerprint density at radius 2 is 1.68 bits per heavy atom. The van der Waals surface area contributed by atoms with Gasteiger partial charge in [0.15, 0.2) is 5.69 Å². The number of phenolic OH excluding ortho intramolecular Hbond substituents is 1. The summed E-state index contributed by atoms with van der Waals surface area (Å²) in [5, 5.41) is 19.8. The summed E-state index contributed by atoms with van der Waals surface area (Å²) in [6.07, 6.45) is 0. The largest absolute Gasteiger partial charge is 0.506 e. The maximum atomic E-state index is 9.88. The Morgan fingerprint density at radius 3 is 2.32 bits per heavy atom. The Labute approximate surface area is 194 Å². The van der Waals surface area contributed by atoms with Gasteiger partial charge in [-0.3, -0.25) is 9.11 Å². The highest BCUT2D eigenvalue weighted by Crippen LogP contribution is 2.35. The minimum Gasteiger partial charge on any atom is -0.506 e. The Morgan fingerprint density at radius 1 is 0.971 bits per heavy atom. The van der Waals surface area contributed by atoms with Crippen LogP contribution in [0.5, 0.6) is 11.5 Å². The fraction of sp³-hybridized carbons (Fsp3) is 0.0952. The maximum Gasteiger partial charge on any atom is 0.394 e. The van der Waals surface area contributed by atoms with E-state index in [0.717, 1.165) is 22.0 Å². The molecule has 1 aromatic heterocycles. The quantitative estimate of drug-likeness (QED) is 0.122. The molecule has 0 radical (unpaired) electrons. The van der Waals surface area contributed by atoms with E-state index in [2.05, 4.69) is 15.2 Å². The molecular weight excluding hydrogens is 466 g/mol. The second-order valence-corrected chi connectivity index (χ2v) is 7.60. The third kappa shape index (κ3) is 6.49. The molecule has 0 aliphatic carbocycles. The average Bonchev–Trinajstić information content (AvgIpc) is 2.73. The van der Waals surface area contributed by atoms with E-state index >= 15 is 0 Å². The van der Waals surface area contributed by atoms with Crippen molar-refractivity contribution < 1.29 is 32.8 Å². The van der Waals surface area contributed by atoms with E-state index in [9.17, 15) is 5.11 Å². The molecule has 13 heteroatoms. The number of hydrogen-bond acceptors (Lipinski definition) is 9. The van der Waals surface area contributed by atoms with Crippen molar-refractivity contribution in [1.82, 2.24) is 4.98 Å². The molecule has 12 nitrogen and oxygen atoms in total. The first-order valence-electron chi connectivity index (χ1n) is 9.51. The van der Waals surface area contributed by atoms with Crippen LogP contribution in [0, 0.1) is 0 Å². The monoisotopic (exact) mass is 489 g/mol. The van der Waals surface area contributed by atoms with E-state index in [0.29, 0.717) is 29.2 Å². The number of pyridine rings is 1. The van der Waals surface area contributed by atoms with Gasteiger partial charge in [-0.15, -0.1) is 5.11 Å². The minimum atomic E-state index is -4.67. The van der Waals surface area contributed by atoms with Gasteiger partial charge in [-0.05, 0) is 55.5 Å². The van der Waals surface area contributed by atoms with Crippen LogP contribution in [0.15, 0.2) is 64.8 Å². The maximum absolute atomic E-state index is 9.88. The molecule has 4 aromatic rings. The number of nitrogens with two attached hydrogens (primary N) is 2. The summed E-state index contributed by atoms with van der Waals surface area (Å²) in [5.74, 6) is 0.733. The van der Waals surface area contributed by atoms with Crippen LogP contribution < -0.4 is 16.2 Å². The Balaban J connectivity index is 0.000000619. The highest BCUT2D eigenvalue weighted by atomic mass is 32.3. The van der Waals surface area contributed by atoms with Gasteiger partial charge in [0.05, 0.1) is 34.7 Å². The normalized spacial score (nSPS) is 11.1. The van der Waals surface area contributed by atoms with Crippen LogP contribution in [0.1, 0.15) is 6.92 Å². The summed E-state index contributed by atoms with van der Waals surface area (Å²) in [7, 11) is -4.67. The number of nitrogen functional groups attached to an aromatic ring is 2. The van der Waals surface area contributed by atoms with Gasteiger partial charge in [0.25, 0.3) is 0 Å². The van der Waals surface area contributed by atoms with E-state index in [4.69, 9.17) is 33.7 Å². The predicted octanol–water partition coefficient (Wildman–Crippen LogP) is 3.59. The van der Waals surface area contributed by atoms with Crippen molar-refractivity contribution in [1.29, 1.82) is 0 Å². The van der Waals surface area contributed by atoms with Gasteiger partial charge in [-0.2, -0.15) is 13.5 Å². The standard InChI is InChI=1S/C21H19N5O2.H2O4S.H2O/c1-2-28-13-7-9-17-15(11-13)20(23)14-8-6-12(10-18(14)24-17)25-26-21-16(22)4-3-5-19(21)27;1-5(2,3)4;/h3-11,27H,2,22H2,1H3,(H2,23,24);(H2,1,2,3,4);1H2/b26-25+;;. The molecule has 34 heavy (non-hydrogen) atoms. The van der Waals surface area contributed by atoms with Gasteiger partial charge < -0.3 is 26.8 Å². The van der Waals surface area contributed by atoms with Crippen molar-refractivity contribution in [3.05, 3.63) is 54.6 Å². The second-order valence-electron chi connectivity index (χ2n) is 6.70. The minimum absolute atomic E-state index is 0. The van der Waals surface area contributed by atoms with Crippen LogP contribution in [-0.4, -0.2) is 39.7 Å².